The molecule has 0 saturated heterocycles. The molecule has 0 bridgehead atoms. The minimum absolute atomic E-state index is 0.464. The maximum absolute atomic E-state index is 8.94. The summed E-state index contributed by atoms with van der Waals surface area (Å²) in [4.78, 5) is 8.61. The standard InChI is InChI=1S/C18H14ClN5/c19-15-6-4-13(5-7-15)12-22-17-8-9-21-18(24-17)23-16-3-1-2-14(10-16)11-20/h1-10H,12H2,(H2,21,22,23,24). The first-order chi connectivity index (χ1) is 11.7. The van der Waals surface area contributed by atoms with E-state index in [1.807, 2.05) is 36.4 Å². The third-order valence-electron chi connectivity index (χ3n) is 3.29. The number of nitrogens with one attached hydrogen (secondary N) is 2. The summed E-state index contributed by atoms with van der Waals surface area (Å²) in [6.07, 6.45) is 1.67. The average molecular weight is 336 g/mol. The Kier molecular flexibility index (Phi) is 4.90. The molecule has 1 aromatic heterocycles. The van der Waals surface area contributed by atoms with Crippen LogP contribution in [0.2, 0.25) is 5.02 Å². The maximum atomic E-state index is 8.94. The fourth-order valence-electron chi connectivity index (χ4n) is 2.11. The Morgan fingerprint density at radius 2 is 1.92 bits per heavy atom. The normalized spacial score (nSPS) is 10.0. The van der Waals surface area contributed by atoms with Crippen LogP contribution in [-0.4, -0.2) is 9.97 Å². The molecular weight excluding hydrogens is 322 g/mol. The SMILES string of the molecule is N#Cc1cccc(Nc2nccc(NCc3ccc(Cl)cc3)n2)c1. The van der Waals surface area contributed by atoms with Gasteiger partial charge in [0.2, 0.25) is 5.95 Å². The fourth-order valence-corrected chi connectivity index (χ4v) is 2.23. The molecule has 0 saturated carbocycles. The van der Waals surface area contributed by atoms with Crippen molar-refractivity contribution in [3.63, 3.8) is 0 Å². The first kappa shape index (κ1) is 15.8. The molecule has 1 heterocycles. The Hall–Kier alpha value is -3.10. The van der Waals surface area contributed by atoms with E-state index in [0.717, 1.165) is 11.3 Å². The third-order valence-corrected chi connectivity index (χ3v) is 3.54. The van der Waals surface area contributed by atoms with Crippen LogP contribution in [0.3, 0.4) is 0 Å². The quantitative estimate of drug-likeness (QED) is 0.724. The molecule has 0 fully saturated rings. The zero-order chi connectivity index (χ0) is 16.8. The van der Waals surface area contributed by atoms with Gasteiger partial charge >= 0.3 is 0 Å². The largest absolute Gasteiger partial charge is 0.366 e. The van der Waals surface area contributed by atoms with Crippen molar-refractivity contribution in [3.05, 3.63) is 76.9 Å². The second-order valence-electron chi connectivity index (χ2n) is 5.06. The predicted octanol–water partition coefficient (Wildman–Crippen LogP) is 4.36. The van der Waals surface area contributed by atoms with Gasteiger partial charge in [0, 0.05) is 23.5 Å². The maximum Gasteiger partial charge on any atom is 0.229 e. The molecular formula is C18H14ClN5. The molecule has 0 spiro atoms. The second-order valence-corrected chi connectivity index (χ2v) is 5.50. The Bertz CT molecular complexity index is 871. The number of nitrogens with zero attached hydrogens (tertiary/aromatic N) is 3. The van der Waals surface area contributed by atoms with Crippen LogP contribution < -0.4 is 10.6 Å². The summed E-state index contributed by atoms with van der Waals surface area (Å²) in [5.74, 6) is 1.17. The first-order valence-electron chi connectivity index (χ1n) is 7.31. The van der Waals surface area contributed by atoms with Gasteiger partial charge in [-0.1, -0.05) is 29.8 Å². The molecule has 3 rings (SSSR count). The molecule has 5 nitrogen and oxygen atoms in total. The Labute approximate surface area is 145 Å². The molecule has 24 heavy (non-hydrogen) atoms. The van der Waals surface area contributed by atoms with Crippen LogP contribution in [0.4, 0.5) is 17.5 Å². The van der Waals surface area contributed by atoms with Gasteiger partial charge in [-0.2, -0.15) is 10.2 Å². The van der Waals surface area contributed by atoms with E-state index < -0.39 is 0 Å². The van der Waals surface area contributed by atoms with Crippen LogP contribution in [-0.2, 0) is 6.54 Å². The molecule has 0 amide bonds. The number of hydrogen-bond acceptors (Lipinski definition) is 5. The Morgan fingerprint density at radius 1 is 1.08 bits per heavy atom. The number of halogens is 1. The minimum Gasteiger partial charge on any atom is -0.366 e. The molecule has 6 heteroatoms. The highest BCUT2D eigenvalue weighted by Crippen LogP contribution is 2.16. The lowest BCUT2D eigenvalue weighted by molar-refractivity contribution is 1.08. The summed E-state index contributed by atoms with van der Waals surface area (Å²) in [6, 6.07) is 18.7. The van der Waals surface area contributed by atoms with E-state index in [-0.39, 0.29) is 0 Å². The van der Waals surface area contributed by atoms with Crippen LogP contribution >= 0.6 is 11.6 Å². The van der Waals surface area contributed by atoms with E-state index in [4.69, 9.17) is 16.9 Å². The van der Waals surface area contributed by atoms with E-state index in [0.29, 0.717) is 28.9 Å². The van der Waals surface area contributed by atoms with Gasteiger partial charge in [-0.05, 0) is 42.0 Å². The van der Waals surface area contributed by atoms with Gasteiger partial charge in [0.1, 0.15) is 5.82 Å². The summed E-state index contributed by atoms with van der Waals surface area (Å²) < 4.78 is 0. The van der Waals surface area contributed by atoms with Crippen LogP contribution in [0.1, 0.15) is 11.1 Å². The predicted molar refractivity (Wildman–Crippen MR) is 95.3 cm³/mol. The molecule has 0 radical (unpaired) electrons. The minimum atomic E-state index is 0.464. The van der Waals surface area contributed by atoms with Crippen LogP contribution in [0.5, 0.6) is 0 Å². The van der Waals surface area contributed by atoms with E-state index in [2.05, 4.69) is 26.7 Å². The topological polar surface area (TPSA) is 73.6 Å². The van der Waals surface area contributed by atoms with Crippen molar-refractivity contribution < 1.29 is 0 Å². The molecule has 0 aliphatic rings. The number of nitriles is 1. The van der Waals surface area contributed by atoms with Gasteiger partial charge in [0.25, 0.3) is 0 Å². The lowest BCUT2D eigenvalue weighted by atomic mass is 10.2. The van der Waals surface area contributed by atoms with Crippen molar-refractivity contribution in [1.29, 1.82) is 5.26 Å². The molecule has 0 aliphatic carbocycles. The molecule has 0 aliphatic heterocycles. The Balaban J connectivity index is 1.67. The summed E-state index contributed by atoms with van der Waals surface area (Å²) in [7, 11) is 0. The van der Waals surface area contributed by atoms with E-state index in [9.17, 15) is 0 Å². The monoisotopic (exact) mass is 335 g/mol. The van der Waals surface area contributed by atoms with Crippen LogP contribution in [0, 0.1) is 11.3 Å². The van der Waals surface area contributed by atoms with Gasteiger partial charge in [0.15, 0.2) is 0 Å². The zero-order valence-corrected chi connectivity index (χ0v) is 13.5. The van der Waals surface area contributed by atoms with Crippen molar-refractivity contribution in [2.75, 3.05) is 10.6 Å². The van der Waals surface area contributed by atoms with Crippen LogP contribution in [0.15, 0.2) is 60.8 Å². The molecule has 2 aromatic carbocycles. The van der Waals surface area contributed by atoms with Crippen molar-refractivity contribution in [2.45, 2.75) is 6.54 Å². The lowest BCUT2D eigenvalue weighted by Gasteiger charge is -2.09. The summed E-state index contributed by atoms with van der Waals surface area (Å²) in [5.41, 5.74) is 2.45. The average Bonchev–Trinajstić information content (AvgIpc) is 2.62. The number of aromatic nitrogens is 2. The van der Waals surface area contributed by atoms with Gasteiger partial charge < -0.3 is 10.6 Å². The van der Waals surface area contributed by atoms with Crippen molar-refractivity contribution in [1.82, 2.24) is 9.97 Å². The number of hydrogen-bond donors (Lipinski definition) is 2. The Morgan fingerprint density at radius 3 is 2.71 bits per heavy atom. The summed E-state index contributed by atoms with van der Waals surface area (Å²) >= 11 is 5.88. The number of anilines is 3. The van der Waals surface area contributed by atoms with Gasteiger partial charge in [-0.3, -0.25) is 0 Å². The van der Waals surface area contributed by atoms with Crippen molar-refractivity contribution in [3.8, 4) is 6.07 Å². The fraction of sp³-hybridized carbons (Fsp3) is 0.0556. The highest BCUT2D eigenvalue weighted by atomic mass is 35.5. The molecule has 0 unspecified atom stereocenters. The van der Waals surface area contributed by atoms with Crippen molar-refractivity contribution in [2.24, 2.45) is 0 Å². The molecule has 2 N–H and O–H groups in total. The smallest absolute Gasteiger partial charge is 0.229 e. The number of rotatable bonds is 5. The molecule has 118 valence electrons. The number of benzene rings is 2. The van der Waals surface area contributed by atoms with E-state index >= 15 is 0 Å². The second kappa shape index (κ2) is 7.44. The highest BCUT2D eigenvalue weighted by Gasteiger charge is 2.01. The van der Waals surface area contributed by atoms with Gasteiger partial charge in [-0.15, -0.1) is 0 Å². The lowest BCUT2D eigenvalue weighted by Crippen LogP contribution is -2.04. The van der Waals surface area contributed by atoms with Crippen LogP contribution in [0.25, 0.3) is 0 Å². The van der Waals surface area contributed by atoms with Gasteiger partial charge in [0.05, 0.1) is 11.6 Å². The van der Waals surface area contributed by atoms with Gasteiger partial charge in [-0.25, -0.2) is 4.98 Å². The summed E-state index contributed by atoms with van der Waals surface area (Å²) in [5, 5.41) is 16.0. The van der Waals surface area contributed by atoms with E-state index in [1.165, 1.54) is 0 Å². The molecule has 0 atom stereocenters. The molecule has 3 aromatic rings. The van der Waals surface area contributed by atoms with E-state index in [1.54, 1.807) is 24.4 Å². The first-order valence-corrected chi connectivity index (χ1v) is 7.69. The third kappa shape index (κ3) is 4.22. The summed E-state index contributed by atoms with van der Waals surface area (Å²) in [6.45, 7) is 0.636. The van der Waals surface area contributed by atoms with Crippen molar-refractivity contribution >= 4 is 29.1 Å². The zero-order valence-electron chi connectivity index (χ0n) is 12.7. The highest BCUT2D eigenvalue weighted by molar-refractivity contribution is 6.30.